The standard InChI is InChI=1S/C14H27ClN2/c1-13(5-7-15)6-9-16-10-11-17-8-3-2-4-14(17)12-16/h13-14H,2-12H2,1H3. The molecule has 3 heteroatoms. The van der Waals surface area contributed by atoms with Gasteiger partial charge in [0.25, 0.3) is 0 Å². The molecule has 0 bridgehead atoms. The van der Waals surface area contributed by atoms with Crippen molar-refractivity contribution in [3.8, 4) is 0 Å². The summed E-state index contributed by atoms with van der Waals surface area (Å²) in [5.41, 5.74) is 0. The van der Waals surface area contributed by atoms with Crippen LogP contribution in [-0.2, 0) is 0 Å². The van der Waals surface area contributed by atoms with Gasteiger partial charge in [-0.2, -0.15) is 0 Å². The second-order valence-corrected chi connectivity index (χ2v) is 6.24. The Balaban J connectivity index is 1.68. The third kappa shape index (κ3) is 4.11. The van der Waals surface area contributed by atoms with Crippen LogP contribution in [-0.4, -0.2) is 54.4 Å². The molecule has 100 valence electrons. The lowest BCUT2D eigenvalue weighted by molar-refractivity contribution is 0.0470. The van der Waals surface area contributed by atoms with Gasteiger partial charge in [-0.3, -0.25) is 4.90 Å². The smallest absolute Gasteiger partial charge is 0.0225 e. The Hall–Kier alpha value is 0.210. The van der Waals surface area contributed by atoms with E-state index in [1.165, 1.54) is 64.8 Å². The van der Waals surface area contributed by atoms with Crippen LogP contribution in [0, 0.1) is 5.92 Å². The third-order valence-corrected chi connectivity index (χ3v) is 4.68. The predicted octanol–water partition coefficient (Wildman–Crippen LogP) is 2.81. The Morgan fingerprint density at radius 1 is 1.18 bits per heavy atom. The topological polar surface area (TPSA) is 6.48 Å². The molecule has 0 aliphatic carbocycles. The van der Waals surface area contributed by atoms with Crippen molar-refractivity contribution in [2.75, 3.05) is 38.6 Å². The number of fused-ring (bicyclic) bond motifs is 1. The minimum absolute atomic E-state index is 0.789. The minimum Gasteiger partial charge on any atom is -0.301 e. The van der Waals surface area contributed by atoms with Crippen molar-refractivity contribution < 1.29 is 0 Å². The first-order chi connectivity index (χ1) is 8.29. The Morgan fingerprint density at radius 3 is 2.88 bits per heavy atom. The molecular formula is C14H27ClN2. The zero-order valence-electron chi connectivity index (χ0n) is 11.2. The van der Waals surface area contributed by atoms with E-state index >= 15 is 0 Å². The van der Waals surface area contributed by atoms with Crippen molar-refractivity contribution in [1.82, 2.24) is 9.80 Å². The summed E-state index contributed by atoms with van der Waals surface area (Å²) >= 11 is 5.79. The largest absolute Gasteiger partial charge is 0.301 e. The normalized spacial score (nSPS) is 28.9. The van der Waals surface area contributed by atoms with Gasteiger partial charge in [-0.1, -0.05) is 13.3 Å². The molecule has 2 atom stereocenters. The van der Waals surface area contributed by atoms with Crippen molar-refractivity contribution in [2.45, 2.75) is 45.1 Å². The second-order valence-electron chi connectivity index (χ2n) is 5.86. The zero-order chi connectivity index (χ0) is 12.1. The summed E-state index contributed by atoms with van der Waals surface area (Å²) in [7, 11) is 0. The maximum Gasteiger partial charge on any atom is 0.0225 e. The summed E-state index contributed by atoms with van der Waals surface area (Å²) in [6.07, 6.45) is 6.78. The molecule has 0 N–H and O–H groups in total. The first-order valence-electron chi connectivity index (χ1n) is 7.32. The molecule has 2 fully saturated rings. The molecule has 0 saturated carbocycles. The first kappa shape index (κ1) is 13.6. The summed E-state index contributed by atoms with van der Waals surface area (Å²) < 4.78 is 0. The number of nitrogens with zero attached hydrogens (tertiary/aromatic N) is 2. The number of halogens is 1. The van der Waals surface area contributed by atoms with E-state index in [-0.39, 0.29) is 0 Å². The van der Waals surface area contributed by atoms with Gasteiger partial charge in [-0.15, -0.1) is 11.6 Å². The molecule has 2 nitrogen and oxygen atoms in total. The summed E-state index contributed by atoms with van der Waals surface area (Å²) in [6.45, 7) is 8.86. The molecule has 2 rings (SSSR count). The molecule has 2 heterocycles. The Labute approximate surface area is 111 Å². The quantitative estimate of drug-likeness (QED) is 0.700. The van der Waals surface area contributed by atoms with Gasteiger partial charge < -0.3 is 4.90 Å². The second kappa shape index (κ2) is 6.96. The summed E-state index contributed by atoms with van der Waals surface area (Å²) in [5, 5.41) is 0. The van der Waals surface area contributed by atoms with E-state index in [1.54, 1.807) is 0 Å². The highest BCUT2D eigenvalue weighted by Gasteiger charge is 2.28. The maximum absolute atomic E-state index is 5.79. The van der Waals surface area contributed by atoms with Crippen LogP contribution in [0.25, 0.3) is 0 Å². The van der Waals surface area contributed by atoms with Gasteiger partial charge in [0.2, 0.25) is 0 Å². The van der Waals surface area contributed by atoms with Crippen LogP contribution < -0.4 is 0 Å². The summed E-state index contributed by atoms with van der Waals surface area (Å²) in [6, 6.07) is 0.862. The highest BCUT2D eigenvalue weighted by Crippen LogP contribution is 2.21. The van der Waals surface area contributed by atoms with Crippen LogP contribution in [0.1, 0.15) is 39.0 Å². The van der Waals surface area contributed by atoms with E-state index in [2.05, 4.69) is 16.7 Å². The van der Waals surface area contributed by atoms with Crippen molar-refractivity contribution in [1.29, 1.82) is 0 Å². The van der Waals surface area contributed by atoms with Gasteiger partial charge in [-0.25, -0.2) is 0 Å². The lowest BCUT2D eigenvalue weighted by atomic mass is 9.98. The summed E-state index contributed by atoms with van der Waals surface area (Å²) in [4.78, 5) is 5.39. The van der Waals surface area contributed by atoms with E-state index in [9.17, 15) is 0 Å². The van der Waals surface area contributed by atoms with E-state index in [0.29, 0.717) is 0 Å². The van der Waals surface area contributed by atoms with Gasteiger partial charge in [-0.05, 0) is 44.7 Å². The van der Waals surface area contributed by atoms with Crippen LogP contribution in [0.3, 0.4) is 0 Å². The fourth-order valence-corrected chi connectivity index (χ4v) is 3.53. The number of rotatable bonds is 5. The molecule has 0 aromatic carbocycles. The fourth-order valence-electron chi connectivity index (χ4n) is 3.16. The van der Waals surface area contributed by atoms with E-state index in [1.807, 2.05) is 0 Å². The van der Waals surface area contributed by atoms with Gasteiger partial charge >= 0.3 is 0 Å². The van der Waals surface area contributed by atoms with Gasteiger partial charge in [0.15, 0.2) is 0 Å². The third-order valence-electron chi connectivity index (χ3n) is 4.46. The van der Waals surface area contributed by atoms with E-state index in [0.717, 1.165) is 17.8 Å². The average Bonchev–Trinajstić information content (AvgIpc) is 2.36. The highest BCUT2D eigenvalue weighted by atomic mass is 35.5. The van der Waals surface area contributed by atoms with Gasteiger partial charge in [0, 0.05) is 31.6 Å². The zero-order valence-corrected chi connectivity index (χ0v) is 12.0. The number of piperazine rings is 1. The SMILES string of the molecule is CC(CCCl)CCN1CCN2CCCCC2C1. The molecule has 2 unspecified atom stereocenters. The van der Waals surface area contributed by atoms with Crippen LogP contribution in [0.4, 0.5) is 0 Å². The van der Waals surface area contributed by atoms with E-state index in [4.69, 9.17) is 11.6 Å². The lowest BCUT2D eigenvalue weighted by Gasteiger charge is -2.44. The monoisotopic (exact) mass is 258 g/mol. The predicted molar refractivity (Wildman–Crippen MR) is 74.8 cm³/mol. The van der Waals surface area contributed by atoms with Crippen LogP contribution in [0.2, 0.25) is 0 Å². The van der Waals surface area contributed by atoms with Crippen molar-refractivity contribution in [3.63, 3.8) is 0 Å². The average molecular weight is 259 g/mol. The fraction of sp³-hybridized carbons (Fsp3) is 1.00. The molecule has 0 aromatic rings. The van der Waals surface area contributed by atoms with Crippen molar-refractivity contribution in [2.24, 2.45) is 5.92 Å². The molecule has 0 radical (unpaired) electrons. The van der Waals surface area contributed by atoms with Crippen LogP contribution >= 0.6 is 11.6 Å². The first-order valence-corrected chi connectivity index (χ1v) is 7.85. The van der Waals surface area contributed by atoms with E-state index < -0.39 is 0 Å². The van der Waals surface area contributed by atoms with Gasteiger partial charge in [0.05, 0.1) is 0 Å². The number of alkyl halides is 1. The molecule has 2 aliphatic rings. The highest BCUT2D eigenvalue weighted by molar-refractivity contribution is 6.17. The maximum atomic E-state index is 5.79. The number of hydrogen-bond donors (Lipinski definition) is 0. The number of hydrogen-bond acceptors (Lipinski definition) is 2. The van der Waals surface area contributed by atoms with Gasteiger partial charge in [0.1, 0.15) is 0 Å². The molecule has 2 aliphatic heterocycles. The Kier molecular flexibility index (Phi) is 5.58. The Morgan fingerprint density at radius 2 is 2.06 bits per heavy atom. The molecule has 2 saturated heterocycles. The summed E-state index contributed by atoms with van der Waals surface area (Å²) in [5.74, 6) is 1.61. The Bertz CT molecular complexity index is 222. The van der Waals surface area contributed by atoms with Crippen LogP contribution in [0.15, 0.2) is 0 Å². The molecule has 0 spiro atoms. The number of piperidine rings is 1. The van der Waals surface area contributed by atoms with Crippen LogP contribution in [0.5, 0.6) is 0 Å². The lowest BCUT2D eigenvalue weighted by Crippen LogP contribution is -2.54. The molecular weight excluding hydrogens is 232 g/mol. The molecule has 0 amide bonds. The van der Waals surface area contributed by atoms with Crippen molar-refractivity contribution in [3.05, 3.63) is 0 Å². The molecule has 17 heavy (non-hydrogen) atoms. The minimum atomic E-state index is 0.789. The van der Waals surface area contributed by atoms with Crippen molar-refractivity contribution >= 4 is 11.6 Å². The molecule has 0 aromatic heterocycles.